The van der Waals surface area contributed by atoms with Crippen LogP contribution in [0.3, 0.4) is 0 Å². The van der Waals surface area contributed by atoms with Crippen LogP contribution in [0.4, 0.5) is 0 Å². The van der Waals surface area contributed by atoms with E-state index in [2.05, 4.69) is 11.8 Å². The van der Waals surface area contributed by atoms with E-state index >= 15 is 0 Å². The third kappa shape index (κ3) is 5.60. The highest BCUT2D eigenvalue weighted by molar-refractivity contribution is 5.85. The van der Waals surface area contributed by atoms with Crippen LogP contribution in [0.5, 0.6) is 5.75 Å². The average Bonchev–Trinajstić information content (AvgIpc) is 3.30. The van der Waals surface area contributed by atoms with E-state index in [1.165, 1.54) is 19.3 Å². The number of hydrogen-bond donors (Lipinski definition) is 1. The van der Waals surface area contributed by atoms with Crippen molar-refractivity contribution in [3.63, 3.8) is 0 Å². The molecule has 1 aliphatic rings. The fourth-order valence-corrected chi connectivity index (χ4v) is 2.33. The average molecular weight is 289 g/mol. The van der Waals surface area contributed by atoms with Gasteiger partial charge in [0.05, 0.1) is 0 Å². The number of aliphatic carboxylic acids is 1. The van der Waals surface area contributed by atoms with Crippen molar-refractivity contribution in [2.45, 2.75) is 32.2 Å². The molecule has 114 valence electrons. The van der Waals surface area contributed by atoms with Crippen LogP contribution in [0, 0.1) is 0 Å². The van der Waals surface area contributed by atoms with Gasteiger partial charge in [-0.2, -0.15) is 0 Å². The first-order valence-electron chi connectivity index (χ1n) is 7.57. The van der Waals surface area contributed by atoms with Crippen molar-refractivity contribution in [1.82, 2.24) is 4.90 Å². The fraction of sp³-hybridized carbons (Fsp3) is 0.471. The summed E-state index contributed by atoms with van der Waals surface area (Å²) in [4.78, 5) is 12.9. The number of benzene rings is 1. The number of rotatable bonds is 9. The second kappa shape index (κ2) is 7.84. The molecule has 0 bridgehead atoms. The maximum Gasteiger partial charge on any atom is 0.328 e. The Balaban J connectivity index is 1.76. The zero-order valence-electron chi connectivity index (χ0n) is 12.5. The van der Waals surface area contributed by atoms with E-state index < -0.39 is 5.97 Å². The number of carboxylic acids is 1. The lowest BCUT2D eigenvalue weighted by atomic mass is 10.2. The predicted molar refractivity (Wildman–Crippen MR) is 83.5 cm³/mol. The van der Waals surface area contributed by atoms with Crippen molar-refractivity contribution < 1.29 is 14.6 Å². The van der Waals surface area contributed by atoms with Crippen LogP contribution >= 0.6 is 0 Å². The summed E-state index contributed by atoms with van der Waals surface area (Å²) in [6.07, 6.45) is 6.53. The van der Waals surface area contributed by atoms with Gasteiger partial charge in [0, 0.05) is 18.7 Å². The third-order valence-electron chi connectivity index (χ3n) is 3.52. The van der Waals surface area contributed by atoms with Gasteiger partial charge in [0.1, 0.15) is 12.4 Å². The Morgan fingerprint density at radius 2 is 2.05 bits per heavy atom. The molecule has 1 aliphatic carbocycles. The van der Waals surface area contributed by atoms with Crippen LogP contribution in [0.2, 0.25) is 0 Å². The van der Waals surface area contributed by atoms with Crippen LogP contribution < -0.4 is 4.74 Å². The van der Waals surface area contributed by atoms with Gasteiger partial charge in [0.25, 0.3) is 0 Å². The molecule has 4 nitrogen and oxygen atoms in total. The lowest BCUT2D eigenvalue weighted by Gasteiger charge is -2.21. The zero-order valence-corrected chi connectivity index (χ0v) is 12.5. The molecule has 0 unspecified atom stereocenters. The maximum atomic E-state index is 10.4. The molecule has 0 aromatic heterocycles. The molecule has 0 atom stereocenters. The number of nitrogens with zero attached hydrogens (tertiary/aromatic N) is 1. The molecule has 0 radical (unpaired) electrons. The molecule has 0 heterocycles. The van der Waals surface area contributed by atoms with Gasteiger partial charge in [-0.15, -0.1) is 0 Å². The van der Waals surface area contributed by atoms with Crippen molar-refractivity contribution in [3.8, 4) is 5.75 Å². The lowest BCUT2D eigenvalue weighted by Crippen LogP contribution is -2.31. The van der Waals surface area contributed by atoms with Gasteiger partial charge in [-0.25, -0.2) is 4.79 Å². The fourth-order valence-electron chi connectivity index (χ4n) is 2.33. The third-order valence-corrected chi connectivity index (χ3v) is 3.52. The lowest BCUT2D eigenvalue weighted by molar-refractivity contribution is -0.131. The molecular weight excluding hydrogens is 266 g/mol. The van der Waals surface area contributed by atoms with Gasteiger partial charge in [0.15, 0.2) is 0 Å². The minimum Gasteiger partial charge on any atom is -0.492 e. The molecule has 0 aliphatic heterocycles. The summed E-state index contributed by atoms with van der Waals surface area (Å²) >= 11 is 0. The van der Waals surface area contributed by atoms with Gasteiger partial charge in [0.2, 0.25) is 0 Å². The Morgan fingerprint density at radius 1 is 1.33 bits per heavy atom. The molecule has 21 heavy (non-hydrogen) atoms. The summed E-state index contributed by atoms with van der Waals surface area (Å²) in [6.45, 7) is 5.02. The molecule has 1 fully saturated rings. The highest BCUT2D eigenvalue weighted by Gasteiger charge is 2.27. The van der Waals surface area contributed by atoms with Gasteiger partial charge in [-0.3, -0.25) is 4.90 Å². The Labute approximate surface area is 126 Å². The van der Waals surface area contributed by atoms with Gasteiger partial charge < -0.3 is 9.84 Å². The quantitative estimate of drug-likeness (QED) is 0.710. The zero-order chi connectivity index (χ0) is 15.1. The van der Waals surface area contributed by atoms with E-state index in [4.69, 9.17) is 9.84 Å². The Morgan fingerprint density at radius 3 is 2.62 bits per heavy atom. The SMILES string of the molecule is CCCN(CCOc1ccc(C=CC(=O)O)cc1)C1CC1. The summed E-state index contributed by atoms with van der Waals surface area (Å²) in [5.41, 5.74) is 0.857. The van der Waals surface area contributed by atoms with Crippen LogP contribution in [0.15, 0.2) is 30.3 Å². The van der Waals surface area contributed by atoms with E-state index in [-0.39, 0.29) is 0 Å². The molecule has 1 aromatic rings. The van der Waals surface area contributed by atoms with Crippen LogP contribution in [-0.2, 0) is 4.79 Å². The molecule has 0 saturated heterocycles. The van der Waals surface area contributed by atoms with Gasteiger partial charge >= 0.3 is 5.97 Å². The number of carboxylic acid groups (broad SMARTS) is 1. The number of ether oxygens (including phenoxy) is 1. The van der Waals surface area contributed by atoms with Crippen LogP contribution in [-0.4, -0.2) is 41.7 Å². The van der Waals surface area contributed by atoms with Crippen molar-refractivity contribution in [2.75, 3.05) is 19.7 Å². The Hall–Kier alpha value is -1.81. The largest absolute Gasteiger partial charge is 0.492 e. The minimum atomic E-state index is -0.939. The van der Waals surface area contributed by atoms with Crippen molar-refractivity contribution in [2.24, 2.45) is 0 Å². The molecular formula is C17H23NO3. The standard InChI is InChI=1S/C17H23NO3/c1-2-11-18(15-6-7-15)12-13-21-16-8-3-14(4-9-16)5-10-17(19)20/h3-5,8-10,15H,2,6-7,11-13H2,1H3,(H,19,20). The van der Waals surface area contributed by atoms with Crippen LogP contribution in [0.1, 0.15) is 31.7 Å². The van der Waals surface area contributed by atoms with Crippen molar-refractivity contribution >= 4 is 12.0 Å². The van der Waals surface area contributed by atoms with E-state index in [1.54, 1.807) is 6.08 Å². The van der Waals surface area contributed by atoms with Gasteiger partial charge in [-0.1, -0.05) is 19.1 Å². The summed E-state index contributed by atoms with van der Waals surface area (Å²) < 4.78 is 5.76. The monoisotopic (exact) mass is 289 g/mol. The normalized spacial score (nSPS) is 14.8. The van der Waals surface area contributed by atoms with Crippen molar-refractivity contribution in [1.29, 1.82) is 0 Å². The van der Waals surface area contributed by atoms with E-state index in [0.717, 1.165) is 36.5 Å². The first-order chi connectivity index (χ1) is 10.2. The molecule has 1 aromatic carbocycles. The number of hydrogen-bond acceptors (Lipinski definition) is 3. The molecule has 0 amide bonds. The summed E-state index contributed by atoms with van der Waals surface area (Å²) in [5, 5.41) is 8.57. The highest BCUT2D eigenvalue weighted by Crippen LogP contribution is 2.26. The molecule has 0 spiro atoms. The molecule has 1 N–H and O–H groups in total. The first-order valence-corrected chi connectivity index (χ1v) is 7.57. The van der Waals surface area contributed by atoms with E-state index in [0.29, 0.717) is 6.61 Å². The van der Waals surface area contributed by atoms with Gasteiger partial charge in [-0.05, 0) is 49.6 Å². The van der Waals surface area contributed by atoms with Crippen molar-refractivity contribution in [3.05, 3.63) is 35.9 Å². The second-order valence-electron chi connectivity index (χ2n) is 5.36. The highest BCUT2D eigenvalue weighted by atomic mass is 16.5. The van der Waals surface area contributed by atoms with E-state index in [9.17, 15) is 4.79 Å². The number of carbonyl (C=O) groups is 1. The Kier molecular flexibility index (Phi) is 5.81. The first kappa shape index (κ1) is 15.6. The molecule has 1 saturated carbocycles. The molecule has 4 heteroatoms. The summed E-state index contributed by atoms with van der Waals surface area (Å²) in [6, 6.07) is 8.25. The second-order valence-corrected chi connectivity index (χ2v) is 5.36. The molecule has 2 rings (SSSR count). The topological polar surface area (TPSA) is 49.8 Å². The van der Waals surface area contributed by atoms with E-state index in [1.807, 2.05) is 24.3 Å². The van der Waals surface area contributed by atoms with Crippen LogP contribution in [0.25, 0.3) is 6.08 Å². The predicted octanol–water partition coefficient (Wildman–Crippen LogP) is 3.04. The summed E-state index contributed by atoms with van der Waals surface area (Å²) in [5.74, 6) is -0.110. The minimum absolute atomic E-state index is 0.695. The maximum absolute atomic E-state index is 10.4. The smallest absolute Gasteiger partial charge is 0.328 e. The Bertz CT molecular complexity index is 477. The summed E-state index contributed by atoms with van der Waals surface area (Å²) in [7, 11) is 0.